The molecule has 0 aliphatic rings. The number of carbonyl (C=O) groups excluding carboxylic acids is 1. The first-order valence-corrected chi connectivity index (χ1v) is 8.28. The first-order valence-electron chi connectivity index (χ1n) is 8.28. The van der Waals surface area contributed by atoms with E-state index in [1.807, 2.05) is 0 Å². The lowest BCUT2D eigenvalue weighted by atomic mass is 9.97. The molecule has 0 amide bonds. The molecule has 1 unspecified atom stereocenters. The first-order chi connectivity index (χ1) is 9.97. The first kappa shape index (κ1) is 19.9. The van der Waals surface area contributed by atoms with Gasteiger partial charge in [0.2, 0.25) is 0 Å². The molecule has 0 saturated heterocycles. The number of carbonyl (C=O) groups is 1. The minimum Gasteiger partial charge on any atom is -0.370 e. The van der Waals surface area contributed by atoms with Crippen LogP contribution in [0.3, 0.4) is 0 Å². The Bertz CT molecular complexity index is 299. The number of guanidine groups is 1. The Morgan fingerprint density at radius 1 is 1.14 bits per heavy atom. The second kappa shape index (κ2) is 12.6. The quantitative estimate of drug-likeness (QED) is 0.276. The van der Waals surface area contributed by atoms with Gasteiger partial charge >= 0.3 is 0 Å². The highest BCUT2D eigenvalue weighted by atomic mass is 16.1. The smallest absolute Gasteiger partial charge is 0.185 e. The van der Waals surface area contributed by atoms with Crippen molar-refractivity contribution in [2.24, 2.45) is 22.4 Å². The number of hydrogen-bond donors (Lipinski definition) is 3. The number of hydrogen-bond acceptors (Lipinski definition) is 3. The van der Waals surface area contributed by atoms with Crippen molar-refractivity contribution in [3.63, 3.8) is 0 Å². The van der Waals surface area contributed by atoms with Crippen LogP contribution >= 0.6 is 0 Å². The summed E-state index contributed by atoms with van der Waals surface area (Å²) >= 11 is 0. The van der Waals surface area contributed by atoms with Crippen LogP contribution in [0.25, 0.3) is 0 Å². The Morgan fingerprint density at radius 2 is 1.86 bits per heavy atom. The summed E-state index contributed by atoms with van der Waals surface area (Å²) in [5.74, 6) is 0.973. The van der Waals surface area contributed by atoms with Gasteiger partial charge in [0.25, 0.3) is 0 Å². The number of nitrogens with one attached hydrogen (secondary N) is 1. The zero-order valence-electron chi connectivity index (χ0n) is 14.0. The van der Waals surface area contributed by atoms with Gasteiger partial charge in [0, 0.05) is 13.0 Å². The largest absolute Gasteiger partial charge is 0.370 e. The molecule has 5 N–H and O–H groups in total. The van der Waals surface area contributed by atoms with Gasteiger partial charge in [0.15, 0.2) is 5.96 Å². The van der Waals surface area contributed by atoms with Gasteiger partial charge in [-0.05, 0) is 38.1 Å². The number of nitrogens with zero attached hydrogens (tertiary/aromatic N) is 1. The van der Waals surface area contributed by atoms with Crippen molar-refractivity contribution in [2.75, 3.05) is 13.1 Å². The van der Waals surface area contributed by atoms with Crippen molar-refractivity contribution < 1.29 is 4.79 Å². The van der Waals surface area contributed by atoms with Gasteiger partial charge in [0.1, 0.15) is 5.78 Å². The fourth-order valence-electron chi connectivity index (χ4n) is 2.24. The third-order valence-corrected chi connectivity index (χ3v) is 3.39. The molecule has 5 heteroatoms. The second-order valence-corrected chi connectivity index (χ2v) is 6.07. The van der Waals surface area contributed by atoms with Crippen LogP contribution in [0, 0.1) is 5.92 Å². The molecular weight excluding hydrogens is 264 g/mol. The Kier molecular flexibility index (Phi) is 12.0. The summed E-state index contributed by atoms with van der Waals surface area (Å²) < 4.78 is 0. The number of aliphatic imine (C=N–C) groups is 1. The van der Waals surface area contributed by atoms with E-state index in [-0.39, 0.29) is 12.0 Å². The molecule has 0 aromatic rings. The zero-order chi connectivity index (χ0) is 16.1. The molecule has 0 aromatic carbocycles. The average molecular weight is 298 g/mol. The van der Waals surface area contributed by atoms with Crippen LogP contribution < -0.4 is 16.8 Å². The fraction of sp³-hybridized carbons (Fsp3) is 0.875. The summed E-state index contributed by atoms with van der Waals surface area (Å²) in [6.45, 7) is 8.05. The Balaban J connectivity index is 4.03. The molecule has 21 heavy (non-hydrogen) atoms. The van der Waals surface area contributed by atoms with Crippen LogP contribution in [-0.2, 0) is 4.79 Å². The van der Waals surface area contributed by atoms with Gasteiger partial charge < -0.3 is 16.8 Å². The van der Waals surface area contributed by atoms with Crippen LogP contribution in [0.4, 0.5) is 0 Å². The molecule has 0 aliphatic carbocycles. The summed E-state index contributed by atoms with van der Waals surface area (Å²) in [6.07, 6.45) is 6.79. The number of Topliss-reactive ketones (excluding diaryl/α,β-unsaturated/α-hetero) is 1. The zero-order valence-corrected chi connectivity index (χ0v) is 14.0. The van der Waals surface area contributed by atoms with Crippen LogP contribution in [0.2, 0.25) is 0 Å². The molecule has 0 radical (unpaired) electrons. The van der Waals surface area contributed by atoms with Gasteiger partial charge in [-0.3, -0.25) is 9.79 Å². The van der Waals surface area contributed by atoms with Gasteiger partial charge in [0.05, 0.1) is 6.04 Å². The lowest BCUT2D eigenvalue weighted by Crippen LogP contribution is -2.38. The number of nitrogens with two attached hydrogens (primary N) is 2. The average Bonchev–Trinajstić information content (AvgIpc) is 2.40. The van der Waals surface area contributed by atoms with E-state index < -0.39 is 0 Å². The molecule has 0 bridgehead atoms. The van der Waals surface area contributed by atoms with Gasteiger partial charge in [-0.1, -0.05) is 33.6 Å². The standard InChI is InChI=1S/C16H34N4O/c1-4-5-7-10-19-14(12-13(2)3)15(21)9-6-8-11-20-16(17)18/h13-14,19H,4-12H2,1-3H3,(H4,17,18,20). The van der Waals surface area contributed by atoms with E-state index in [9.17, 15) is 4.79 Å². The lowest BCUT2D eigenvalue weighted by Gasteiger charge is -2.19. The molecule has 0 rings (SSSR count). The van der Waals surface area contributed by atoms with E-state index in [0.29, 0.717) is 24.7 Å². The maximum absolute atomic E-state index is 12.3. The molecular formula is C16H34N4O. The normalized spacial score (nSPS) is 12.4. The van der Waals surface area contributed by atoms with E-state index in [1.54, 1.807) is 0 Å². The molecule has 0 saturated carbocycles. The highest BCUT2D eigenvalue weighted by Gasteiger charge is 2.18. The molecule has 124 valence electrons. The monoisotopic (exact) mass is 298 g/mol. The van der Waals surface area contributed by atoms with Gasteiger partial charge in [-0.25, -0.2) is 0 Å². The summed E-state index contributed by atoms with van der Waals surface area (Å²) in [6, 6.07) is 0.00457. The van der Waals surface area contributed by atoms with E-state index in [1.165, 1.54) is 12.8 Å². The van der Waals surface area contributed by atoms with Crippen molar-refractivity contribution >= 4 is 11.7 Å². The second-order valence-electron chi connectivity index (χ2n) is 6.07. The molecule has 0 aliphatic heterocycles. The highest BCUT2D eigenvalue weighted by Crippen LogP contribution is 2.10. The van der Waals surface area contributed by atoms with E-state index in [2.05, 4.69) is 31.1 Å². The van der Waals surface area contributed by atoms with Crippen LogP contribution in [0.1, 0.15) is 65.7 Å². The summed E-state index contributed by atoms with van der Waals surface area (Å²) in [5, 5.41) is 3.43. The predicted octanol–water partition coefficient (Wildman–Crippen LogP) is 2.19. The molecule has 0 fully saturated rings. The summed E-state index contributed by atoms with van der Waals surface area (Å²) in [5.41, 5.74) is 10.5. The summed E-state index contributed by atoms with van der Waals surface area (Å²) in [7, 11) is 0. The van der Waals surface area contributed by atoms with E-state index in [4.69, 9.17) is 11.5 Å². The molecule has 0 aromatic heterocycles. The van der Waals surface area contributed by atoms with Crippen molar-refractivity contribution in [1.82, 2.24) is 5.32 Å². The van der Waals surface area contributed by atoms with Gasteiger partial charge in [-0.15, -0.1) is 0 Å². The van der Waals surface area contributed by atoms with Crippen LogP contribution in [-0.4, -0.2) is 30.9 Å². The minimum absolute atomic E-state index is 0.00457. The maximum Gasteiger partial charge on any atom is 0.185 e. The predicted molar refractivity (Wildman–Crippen MR) is 90.3 cm³/mol. The SMILES string of the molecule is CCCCCNC(CC(C)C)C(=O)CCCCN=C(N)N. The minimum atomic E-state index is 0.00457. The Hall–Kier alpha value is -1.10. The molecule has 0 heterocycles. The topological polar surface area (TPSA) is 93.5 Å². The van der Waals surface area contributed by atoms with Crippen LogP contribution in [0.15, 0.2) is 4.99 Å². The molecule has 0 spiro atoms. The fourth-order valence-corrected chi connectivity index (χ4v) is 2.24. The third-order valence-electron chi connectivity index (χ3n) is 3.39. The Labute approximate surface area is 129 Å². The van der Waals surface area contributed by atoms with E-state index >= 15 is 0 Å². The maximum atomic E-state index is 12.3. The number of rotatable bonds is 13. The van der Waals surface area contributed by atoms with Crippen molar-refractivity contribution in [1.29, 1.82) is 0 Å². The molecule has 1 atom stereocenters. The number of ketones is 1. The van der Waals surface area contributed by atoms with Crippen LogP contribution in [0.5, 0.6) is 0 Å². The number of unbranched alkanes of at least 4 members (excludes halogenated alkanes) is 3. The van der Waals surface area contributed by atoms with E-state index in [0.717, 1.165) is 32.2 Å². The highest BCUT2D eigenvalue weighted by molar-refractivity contribution is 5.84. The summed E-state index contributed by atoms with van der Waals surface area (Å²) in [4.78, 5) is 16.2. The van der Waals surface area contributed by atoms with Crippen molar-refractivity contribution in [3.05, 3.63) is 0 Å². The third kappa shape index (κ3) is 12.4. The molecule has 5 nitrogen and oxygen atoms in total. The van der Waals surface area contributed by atoms with Gasteiger partial charge in [-0.2, -0.15) is 0 Å². The Morgan fingerprint density at radius 3 is 2.43 bits per heavy atom. The van der Waals surface area contributed by atoms with Crippen molar-refractivity contribution in [3.8, 4) is 0 Å². The van der Waals surface area contributed by atoms with Crippen molar-refractivity contribution in [2.45, 2.75) is 71.8 Å². The lowest BCUT2D eigenvalue weighted by molar-refractivity contribution is -0.121.